The Morgan fingerprint density at radius 2 is 1.96 bits per heavy atom. The molecule has 2 N–H and O–H groups in total. The number of hydrogen-bond donors (Lipinski definition) is 2. The predicted octanol–water partition coefficient (Wildman–Crippen LogP) is 3.72. The van der Waals surface area contributed by atoms with Gasteiger partial charge in [0.1, 0.15) is 0 Å². The highest BCUT2D eigenvalue weighted by atomic mass is 16.4. The van der Waals surface area contributed by atoms with Gasteiger partial charge in [-0.1, -0.05) is 57.5 Å². The molecule has 1 aromatic rings. The minimum Gasteiger partial charge on any atom is -0.465 e. The third kappa shape index (κ3) is 2.97. The van der Waals surface area contributed by atoms with Crippen molar-refractivity contribution >= 4 is 6.09 Å². The van der Waals surface area contributed by atoms with Gasteiger partial charge >= 0.3 is 6.09 Å². The Labute approximate surface area is 138 Å². The Balaban J connectivity index is 1.90. The summed E-state index contributed by atoms with van der Waals surface area (Å²) in [5, 5.41) is 12.1. The van der Waals surface area contributed by atoms with E-state index in [4.69, 9.17) is 0 Å². The monoisotopic (exact) mass is 316 g/mol. The van der Waals surface area contributed by atoms with Crippen LogP contribution in [0, 0.1) is 10.8 Å². The lowest BCUT2D eigenvalue weighted by molar-refractivity contribution is -0.0118. The number of rotatable bonds is 3. The maximum Gasteiger partial charge on any atom is 0.404 e. The van der Waals surface area contributed by atoms with Crippen molar-refractivity contribution in [1.82, 2.24) is 10.2 Å². The van der Waals surface area contributed by atoms with Crippen molar-refractivity contribution < 1.29 is 9.90 Å². The molecule has 2 fully saturated rings. The van der Waals surface area contributed by atoms with Crippen LogP contribution in [0.15, 0.2) is 30.3 Å². The second kappa shape index (κ2) is 5.82. The molecular weight excluding hydrogens is 288 g/mol. The zero-order valence-corrected chi connectivity index (χ0v) is 14.4. The van der Waals surface area contributed by atoms with Crippen LogP contribution >= 0.6 is 0 Å². The lowest BCUT2D eigenvalue weighted by Crippen LogP contribution is -2.57. The van der Waals surface area contributed by atoms with Crippen LogP contribution in [0.3, 0.4) is 0 Å². The molecule has 1 amide bonds. The highest BCUT2D eigenvalue weighted by molar-refractivity contribution is 5.65. The van der Waals surface area contributed by atoms with Crippen LogP contribution in [0.5, 0.6) is 0 Å². The van der Waals surface area contributed by atoms with Crippen LogP contribution in [0.2, 0.25) is 0 Å². The molecule has 1 spiro atoms. The van der Waals surface area contributed by atoms with E-state index in [9.17, 15) is 9.90 Å². The molecule has 1 heterocycles. The fourth-order valence-corrected chi connectivity index (χ4v) is 5.01. The summed E-state index contributed by atoms with van der Waals surface area (Å²) < 4.78 is 0. The molecule has 2 unspecified atom stereocenters. The van der Waals surface area contributed by atoms with Gasteiger partial charge in [-0.05, 0) is 23.8 Å². The van der Waals surface area contributed by atoms with Crippen LogP contribution in [-0.2, 0) is 6.54 Å². The molecule has 0 aromatic heterocycles. The van der Waals surface area contributed by atoms with E-state index >= 15 is 0 Å². The predicted molar refractivity (Wildman–Crippen MR) is 91.3 cm³/mol. The van der Waals surface area contributed by atoms with Gasteiger partial charge in [0, 0.05) is 24.5 Å². The molecule has 126 valence electrons. The summed E-state index contributed by atoms with van der Waals surface area (Å²) in [6, 6.07) is 10.9. The summed E-state index contributed by atoms with van der Waals surface area (Å²) in [5.41, 5.74) is 1.53. The molecule has 4 nitrogen and oxygen atoms in total. The maximum atomic E-state index is 11.3. The van der Waals surface area contributed by atoms with Gasteiger partial charge in [-0.15, -0.1) is 0 Å². The fraction of sp³-hybridized carbons (Fsp3) is 0.632. The van der Waals surface area contributed by atoms with Crippen molar-refractivity contribution in [2.75, 3.05) is 6.54 Å². The summed E-state index contributed by atoms with van der Waals surface area (Å²) >= 11 is 0. The quantitative estimate of drug-likeness (QED) is 0.893. The van der Waals surface area contributed by atoms with E-state index in [0.29, 0.717) is 6.04 Å². The standard InChI is InChI=1S/C19H28N2O2/c1-18(2,3)16-19(10-7-11-19)15(20-17(22)23)13-21(16)12-14-8-5-4-6-9-14/h4-6,8-9,15-16,20H,7,10-13H2,1-3H3,(H,22,23). The van der Waals surface area contributed by atoms with Gasteiger partial charge in [0.05, 0.1) is 6.04 Å². The van der Waals surface area contributed by atoms with Gasteiger partial charge in [0.2, 0.25) is 0 Å². The minimum atomic E-state index is -0.893. The van der Waals surface area contributed by atoms with E-state index in [1.807, 2.05) is 6.07 Å². The number of carbonyl (C=O) groups is 1. The topological polar surface area (TPSA) is 52.6 Å². The molecule has 1 saturated carbocycles. The van der Waals surface area contributed by atoms with Gasteiger partial charge in [0.25, 0.3) is 0 Å². The van der Waals surface area contributed by atoms with Crippen molar-refractivity contribution in [2.45, 2.75) is 58.7 Å². The SMILES string of the molecule is CC(C)(C)C1N(Cc2ccccc2)CC(NC(=O)O)C12CCC2. The molecule has 2 aliphatic rings. The number of carboxylic acid groups (broad SMARTS) is 1. The molecule has 0 bridgehead atoms. The lowest BCUT2D eigenvalue weighted by atomic mass is 9.56. The minimum absolute atomic E-state index is 0.0432. The van der Waals surface area contributed by atoms with E-state index in [1.165, 1.54) is 12.0 Å². The average Bonchev–Trinajstić information content (AvgIpc) is 2.72. The molecule has 0 radical (unpaired) electrons. The van der Waals surface area contributed by atoms with E-state index < -0.39 is 6.09 Å². The van der Waals surface area contributed by atoms with Gasteiger partial charge in [0.15, 0.2) is 0 Å². The summed E-state index contributed by atoms with van der Waals surface area (Å²) in [6.45, 7) is 8.57. The molecule has 23 heavy (non-hydrogen) atoms. The van der Waals surface area contributed by atoms with Crippen LogP contribution in [0.25, 0.3) is 0 Å². The van der Waals surface area contributed by atoms with Crippen molar-refractivity contribution in [3.05, 3.63) is 35.9 Å². The number of likely N-dealkylation sites (tertiary alicyclic amines) is 1. The number of nitrogens with one attached hydrogen (secondary N) is 1. The molecular formula is C19H28N2O2. The molecule has 2 atom stereocenters. The van der Waals surface area contributed by atoms with Gasteiger partial charge < -0.3 is 10.4 Å². The van der Waals surface area contributed by atoms with Crippen LogP contribution in [-0.4, -0.2) is 34.7 Å². The molecule has 4 heteroatoms. The normalized spacial score (nSPS) is 26.9. The number of hydrogen-bond acceptors (Lipinski definition) is 2. The lowest BCUT2D eigenvalue weighted by Gasteiger charge is -2.52. The first-order chi connectivity index (χ1) is 10.8. The second-order valence-corrected chi connectivity index (χ2v) is 8.27. The van der Waals surface area contributed by atoms with Crippen LogP contribution in [0.4, 0.5) is 4.79 Å². The maximum absolute atomic E-state index is 11.3. The highest BCUT2D eigenvalue weighted by Gasteiger charge is 2.60. The van der Waals surface area contributed by atoms with Gasteiger partial charge in [-0.2, -0.15) is 0 Å². The second-order valence-electron chi connectivity index (χ2n) is 8.27. The largest absolute Gasteiger partial charge is 0.465 e. The number of benzene rings is 1. The summed E-state index contributed by atoms with van der Waals surface area (Å²) in [6.07, 6.45) is 2.58. The Bertz CT molecular complexity index is 560. The number of amides is 1. The molecule has 1 aromatic carbocycles. The zero-order chi connectivity index (χ0) is 16.7. The molecule has 1 saturated heterocycles. The fourth-order valence-electron chi connectivity index (χ4n) is 5.01. The highest BCUT2D eigenvalue weighted by Crippen LogP contribution is 2.57. The smallest absolute Gasteiger partial charge is 0.404 e. The van der Waals surface area contributed by atoms with Crippen LogP contribution < -0.4 is 5.32 Å². The first-order valence-electron chi connectivity index (χ1n) is 8.60. The Morgan fingerprint density at radius 1 is 1.30 bits per heavy atom. The van der Waals surface area contributed by atoms with Gasteiger partial charge in [-0.3, -0.25) is 4.90 Å². The first kappa shape index (κ1) is 16.3. The summed E-state index contributed by atoms with van der Waals surface area (Å²) in [5.74, 6) is 0. The average molecular weight is 316 g/mol. The van der Waals surface area contributed by atoms with E-state index in [1.54, 1.807) is 0 Å². The summed E-state index contributed by atoms with van der Waals surface area (Å²) in [4.78, 5) is 13.8. The van der Waals surface area contributed by atoms with E-state index in [-0.39, 0.29) is 16.9 Å². The molecule has 1 aliphatic heterocycles. The third-order valence-electron chi connectivity index (χ3n) is 5.65. The first-order valence-corrected chi connectivity index (χ1v) is 8.60. The van der Waals surface area contributed by atoms with Crippen molar-refractivity contribution in [1.29, 1.82) is 0 Å². The Kier molecular flexibility index (Phi) is 4.13. The van der Waals surface area contributed by atoms with Crippen molar-refractivity contribution in [3.63, 3.8) is 0 Å². The van der Waals surface area contributed by atoms with Crippen molar-refractivity contribution in [3.8, 4) is 0 Å². The van der Waals surface area contributed by atoms with E-state index in [0.717, 1.165) is 25.9 Å². The molecule has 3 rings (SSSR count). The molecule has 1 aliphatic carbocycles. The zero-order valence-electron chi connectivity index (χ0n) is 14.4. The van der Waals surface area contributed by atoms with Gasteiger partial charge in [-0.25, -0.2) is 4.79 Å². The third-order valence-corrected chi connectivity index (χ3v) is 5.65. The summed E-state index contributed by atoms with van der Waals surface area (Å²) in [7, 11) is 0. The Hall–Kier alpha value is -1.55. The van der Waals surface area contributed by atoms with E-state index in [2.05, 4.69) is 55.3 Å². The Morgan fingerprint density at radius 3 is 2.43 bits per heavy atom. The number of nitrogens with zero attached hydrogens (tertiary/aromatic N) is 1. The van der Waals surface area contributed by atoms with Crippen molar-refractivity contribution in [2.24, 2.45) is 10.8 Å². The van der Waals surface area contributed by atoms with Crippen LogP contribution in [0.1, 0.15) is 45.6 Å².